The predicted molar refractivity (Wildman–Crippen MR) is 103 cm³/mol. The van der Waals surface area contributed by atoms with Gasteiger partial charge in [-0.3, -0.25) is 9.59 Å². The topological polar surface area (TPSA) is 84.4 Å². The van der Waals surface area contributed by atoms with Gasteiger partial charge in [0.1, 0.15) is 0 Å². The maximum atomic E-state index is 12.5. The number of carbonyl (C=O) groups is 2. The van der Waals surface area contributed by atoms with Crippen LogP contribution >= 0.6 is 23.1 Å². The molecule has 138 valence electrons. The zero-order valence-electron chi connectivity index (χ0n) is 14.6. The second-order valence-electron chi connectivity index (χ2n) is 5.95. The number of benzene rings is 1. The summed E-state index contributed by atoms with van der Waals surface area (Å²) in [5, 5.41) is 11.3. The number of rotatable bonds is 7. The minimum atomic E-state index is -0.392. The first-order valence-electron chi connectivity index (χ1n) is 8.20. The third-order valence-corrected chi connectivity index (χ3v) is 5.90. The molecule has 0 unspecified atom stereocenters. The number of amides is 2. The van der Waals surface area contributed by atoms with Crippen molar-refractivity contribution in [1.82, 2.24) is 10.2 Å². The van der Waals surface area contributed by atoms with Gasteiger partial charge in [-0.25, -0.2) is 0 Å². The number of thioether (sulfide) groups is 1. The van der Waals surface area contributed by atoms with E-state index in [2.05, 4.69) is 15.5 Å². The van der Waals surface area contributed by atoms with Crippen molar-refractivity contribution in [3.8, 4) is 0 Å². The van der Waals surface area contributed by atoms with Crippen molar-refractivity contribution in [2.24, 2.45) is 5.92 Å². The first-order chi connectivity index (χ1) is 12.6. The Morgan fingerprint density at radius 1 is 1.46 bits per heavy atom. The van der Waals surface area contributed by atoms with Crippen LogP contribution in [0.2, 0.25) is 0 Å². The number of hydrogen-bond acceptors (Lipinski definition) is 7. The van der Waals surface area contributed by atoms with Gasteiger partial charge >= 0.3 is 0 Å². The van der Waals surface area contributed by atoms with Gasteiger partial charge in [-0.05, 0) is 24.6 Å². The lowest BCUT2D eigenvalue weighted by molar-refractivity contribution is -0.122. The van der Waals surface area contributed by atoms with Gasteiger partial charge in [0.15, 0.2) is 4.34 Å². The lowest BCUT2D eigenvalue weighted by atomic mass is 10.1. The predicted octanol–water partition coefficient (Wildman–Crippen LogP) is 2.58. The van der Waals surface area contributed by atoms with Crippen molar-refractivity contribution in [2.75, 3.05) is 36.2 Å². The van der Waals surface area contributed by atoms with E-state index in [1.165, 1.54) is 23.1 Å². The molecule has 0 radical (unpaired) electrons. The zero-order valence-corrected chi connectivity index (χ0v) is 16.2. The molecule has 1 saturated heterocycles. The minimum absolute atomic E-state index is 0.0381. The standard InChI is InChI=1S/C17H20N4O3S2/c1-11-4-3-5-13(8-11)21-10-12(9-14(21)22)15(23)18-16-19-20-17(26-16)25-7-6-24-2/h3-5,8,12H,6-7,9-10H2,1-2H3,(H,18,19,23)/t12-/m0/s1. The fourth-order valence-electron chi connectivity index (χ4n) is 2.67. The Morgan fingerprint density at radius 2 is 2.31 bits per heavy atom. The van der Waals surface area contributed by atoms with Crippen molar-refractivity contribution in [3.05, 3.63) is 29.8 Å². The van der Waals surface area contributed by atoms with Crippen LogP contribution in [0.25, 0.3) is 0 Å². The van der Waals surface area contributed by atoms with E-state index < -0.39 is 5.92 Å². The van der Waals surface area contributed by atoms with Crippen LogP contribution in [-0.2, 0) is 14.3 Å². The quantitative estimate of drug-likeness (QED) is 0.443. The maximum Gasteiger partial charge on any atom is 0.231 e. The van der Waals surface area contributed by atoms with Crippen LogP contribution in [0.1, 0.15) is 12.0 Å². The average Bonchev–Trinajstić information content (AvgIpc) is 3.22. The van der Waals surface area contributed by atoms with E-state index in [0.717, 1.165) is 21.3 Å². The summed E-state index contributed by atoms with van der Waals surface area (Å²) in [4.78, 5) is 26.5. The van der Waals surface area contributed by atoms with E-state index in [4.69, 9.17) is 4.74 Å². The van der Waals surface area contributed by atoms with Gasteiger partial charge in [0, 0.05) is 31.5 Å². The van der Waals surface area contributed by atoms with Crippen LogP contribution in [0, 0.1) is 12.8 Å². The molecular weight excluding hydrogens is 372 g/mol. The molecule has 9 heteroatoms. The fraction of sp³-hybridized carbons (Fsp3) is 0.412. The van der Waals surface area contributed by atoms with Crippen molar-refractivity contribution in [2.45, 2.75) is 17.7 Å². The summed E-state index contributed by atoms with van der Waals surface area (Å²) in [6.45, 7) is 2.99. The molecule has 2 heterocycles. The summed E-state index contributed by atoms with van der Waals surface area (Å²) >= 11 is 2.86. The number of aromatic nitrogens is 2. The van der Waals surface area contributed by atoms with Crippen LogP contribution in [0.5, 0.6) is 0 Å². The number of nitrogens with zero attached hydrogens (tertiary/aromatic N) is 3. The van der Waals surface area contributed by atoms with E-state index in [-0.39, 0.29) is 18.2 Å². The molecule has 26 heavy (non-hydrogen) atoms. The second kappa shape index (κ2) is 8.61. The molecule has 2 amide bonds. The molecule has 1 aliphatic rings. The highest BCUT2D eigenvalue weighted by atomic mass is 32.2. The maximum absolute atomic E-state index is 12.5. The van der Waals surface area contributed by atoms with Gasteiger partial charge in [-0.2, -0.15) is 0 Å². The summed E-state index contributed by atoms with van der Waals surface area (Å²) in [7, 11) is 1.65. The summed E-state index contributed by atoms with van der Waals surface area (Å²) in [6.07, 6.45) is 0.202. The van der Waals surface area contributed by atoms with Crippen molar-refractivity contribution in [1.29, 1.82) is 0 Å². The van der Waals surface area contributed by atoms with Gasteiger partial charge in [0.25, 0.3) is 0 Å². The molecule has 7 nitrogen and oxygen atoms in total. The Morgan fingerprint density at radius 3 is 3.08 bits per heavy atom. The smallest absolute Gasteiger partial charge is 0.231 e. The highest BCUT2D eigenvalue weighted by Crippen LogP contribution is 2.28. The summed E-state index contributed by atoms with van der Waals surface area (Å²) in [5.74, 6) is 0.153. The zero-order chi connectivity index (χ0) is 18.5. The van der Waals surface area contributed by atoms with Crippen molar-refractivity contribution in [3.63, 3.8) is 0 Å². The molecule has 1 aromatic carbocycles. The Balaban J connectivity index is 1.58. The van der Waals surface area contributed by atoms with Gasteiger partial charge in [0.2, 0.25) is 16.9 Å². The molecule has 1 fully saturated rings. The Hall–Kier alpha value is -1.97. The van der Waals surface area contributed by atoms with Gasteiger partial charge in [0.05, 0.1) is 12.5 Å². The van der Waals surface area contributed by atoms with E-state index in [1.54, 1.807) is 12.0 Å². The minimum Gasteiger partial charge on any atom is -0.384 e. The van der Waals surface area contributed by atoms with Gasteiger partial charge in [-0.15, -0.1) is 10.2 Å². The van der Waals surface area contributed by atoms with E-state index >= 15 is 0 Å². The number of nitrogens with one attached hydrogen (secondary N) is 1. The Labute approximate surface area is 160 Å². The summed E-state index contributed by atoms with van der Waals surface area (Å²) in [5.41, 5.74) is 1.91. The first-order valence-corrected chi connectivity index (χ1v) is 10.00. The summed E-state index contributed by atoms with van der Waals surface area (Å²) < 4.78 is 5.77. The number of anilines is 2. The third-order valence-electron chi connectivity index (χ3n) is 3.96. The van der Waals surface area contributed by atoms with Crippen LogP contribution in [-0.4, -0.2) is 48.0 Å². The van der Waals surface area contributed by atoms with Crippen LogP contribution in [0.3, 0.4) is 0 Å². The Bertz CT molecular complexity index is 796. The molecule has 0 aliphatic carbocycles. The monoisotopic (exact) mass is 392 g/mol. The van der Waals surface area contributed by atoms with Crippen molar-refractivity contribution < 1.29 is 14.3 Å². The lowest BCUT2D eigenvalue weighted by Crippen LogP contribution is -2.28. The molecule has 1 atom stereocenters. The molecule has 1 aromatic heterocycles. The lowest BCUT2D eigenvalue weighted by Gasteiger charge is -2.17. The van der Waals surface area contributed by atoms with E-state index in [0.29, 0.717) is 18.3 Å². The number of hydrogen-bond donors (Lipinski definition) is 1. The van der Waals surface area contributed by atoms with Crippen molar-refractivity contribution >= 4 is 45.7 Å². The second-order valence-corrected chi connectivity index (χ2v) is 8.27. The molecule has 1 N–H and O–H groups in total. The summed E-state index contributed by atoms with van der Waals surface area (Å²) in [6, 6.07) is 7.73. The third kappa shape index (κ3) is 4.60. The van der Waals surface area contributed by atoms with Crippen LogP contribution < -0.4 is 10.2 Å². The normalized spacial score (nSPS) is 16.9. The number of ether oxygens (including phenoxy) is 1. The Kier molecular flexibility index (Phi) is 6.23. The highest BCUT2D eigenvalue weighted by Gasteiger charge is 2.35. The van der Waals surface area contributed by atoms with E-state index in [1.807, 2.05) is 31.2 Å². The fourth-order valence-corrected chi connectivity index (χ4v) is 4.39. The van der Waals surface area contributed by atoms with Gasteiger partial charge in [-0.1, -0.05) is 35.2 Å². The van der Waals surface area contributed by atoms with Crippen LogP contribution in [0.4, 0.5) is 10.8 Å². The molecule has 2 aromatic rings. The van der Waals surface area contributed by atoms with Gasteiger partial charge < -0.3 is 15.0 Å². The number of methoxy groups -OCH3 is 1. The average molecular weight is 393 g/mol. The molecule has 0 bridgehead atoms. The number of aryl methyl sites for hydroxylation is 1. The largest absolute Gasteiger partial charge is 0.384 e. The van der Waals surface area contributed by atoms with Crippen LogP contribution in [0.15, 0.2) is 28.6 Å². The molecule has 0 saturated carbocycles. The highest BCUT2D eigenvalue weighted by molar-refractivity contribution is 8.01. The molecule has 1 aliphatic heterocycles. The molecule has 3 rings (SSSR count). The SMILES string of the molecule is COCCSc1nnc(NC(=O)[C@H]2CC(=O)N(c3cccc(C)c3)C2)s1. The number of carbonyl (C=O) groups excluding carboxylic acids is 2. The van der Waals surface area contributed by atoms with E-state index in [9.17, 15) is 9.59 Å². The first kappa shape index (κ1) is 18.8. The molecular formula is C17H20N4O3S2. The molecule has 0 spiro atoms.